The maximum atomic E-state index is 11.4. The first-order valence-corrected chi connectivity index (χ1v) is 7.19. The second-order valence-electron chi connectivity index (χ2n) is 4.89. The smallest absolute Gasteiger partial charge is 0.259 e. The number of hydrogen-bond donors (Lipinski definition) is 2. The highest BCUT2D eigenvalue weighted by atomic mass is 16.2. The number of H-pyrrole nitrogens is 2. The lowest BCUT2D eigenvalue weighted by atomic mass is 10.1. The van der Waals surface area contributed by atoms with Gasteiger partial charge < -0.3 is 0 Å². The Bertz CT molecular complexity index is 534. The maximum Gasteiger partial charge on any atom is 0.333 e. The Morgan fingerprint density at radius 1 is 0.850 bits per heavy atom. The van der Waals surface area contributed by atoms with E-state index in [-0.39, 0.29) is 0 Å². The van der Waals surface area contributed by atoms with Crippen molar-refractivity contribution >= 4 is 0 Å². The van der Waals surface area contributed by atoms with E-state index in [0.29, 0.717) is 6.54 Å². The molecule has 0 saturated heterocycles. The van der Waals surface area contributed by atoms with Crippen LogP contribution in [0.5, 0.6) is 0 Å². The summed E-state index contributed by atoms with van der Waals surface area (Å²) in [5.41, 5.74) is -2.03. The topological polar surface area (TPSA) is 87.7 Å². The highest BCUT2D eigenvalue weighted by Gasteiger charge is 2.01. The van der Waals surface area contributed by atoms with Crippen molar-refractivity contribution < 1.29 is 0 Å². The zero-order valence-corrected chi connectivity index (χ0v) is 11.8. The van der Waals surface area contributed by atoms with Gasteiger partial charge in [0.05, 0.1) is 0 Å². The molecular weight excluding hydrogens is 258 g/mol. The molecule has 1 aromatic rings. The van der Waals surface area contributed by atoms with Gasteiger partial charge >= 0.3 is 17.1 Å². The molecule has 6 nitrogen and oxygen atoms in total. The molecule has 0 saturated carbocycles. The summed E-state index contributed by atoms with van der Waals surface area (Å²) in [4.78, 5) is 37.8. The van der Waals surface area contributed by atoms with Crippen LogP contribution in [0.15, 0.2) is 27.0 Å². The van der Waals surface area contributed by atoms with Gasteiger partial charge in [-0.25, -0.2) is 19.0 Å². The number of allylic oxidation sites excluding steroid dienone is 1. The normalized spacial score (nSPS) is 10.6. The predicted octanol–water partition coefficient (Wildman–Crippen LogP) is 1.53. The standard InChI is InChI=1S/C14H23N3O3/c1-2-3-4-5-6-7-8-9-10-11-17-13(19)15-12(18)16-14(17)20/h2H,1,3-11H2,(H2,15,16,18,19,20). The molecular formula is C14H23N3O3. The number of rotatable bonds is 10. The third-order valence-electron chi connectivity index (χ3n) is 3.22. The van der Waals surface area contributed by atoms with Crippen molar-refractivity contribution in [2.45, 2.75) is 57.9 Å². The molecule has 0 bridgehead atoms. The summed E-state index contributed by atoms with van der Waals surface area (Å²) in [6.45, 7) is 4.04. The zero-order chi connectivity index (χ0) is 14.8. The Labute approximate surface area is 117 Å². The van der Waals surface area contributed by atoms with Crippen molar-refractivity contribution in [3.05, 3.63) is 44.1 Å². The molecule has 0 aliphatic rings. The molecule has 0 aliphatic carbocycles. The fourth-order valence-electron chi connectivity index (χ4n) is 2.10. The van der Waals surface area contributed by atoms with Crippen LogP contribution in [0.4, 0.5) is 0 Å². The second-order valence-corrected chi connectivity index (χ2v) is 4.89. The van der Waals surface area contributed by atoms with Gasteiger partial charge in [-0.15, -0.1) is 6.58 Å². The highest BCUT2D eigenvalue weighted by Crippen LogP contribution is 2.08. The summed E-state index contributed by atoms with van der Waals surface area (Å²) < 4.78 is 1.03. The van der Waals surface area contributed by atoms with Gasteiger partial charge in [0.15, 0.2) is 0 Å². The summed E-state index contributed by atoms with van der Waals surface area (Å²) in [6.07, 6.45) is 10.7. The predicted molar refractivity (Wildman–Crippen MR) is 79.1 cm³/mol. The lowest BCUT2D eigenvalue weighted by Crippen LogP contribution is -2.43. The zero-order valence-electron chi connectivity index (χ0n) is 11.8. The van der Waals surface area contributed by atoms with Gasteiger partial charge in [0.1, 0.15) is 0 Å². The van der Waals surface area contributed by atoms with Crippen LogP contribution in [0, 0.1) is 0 Å². The fourth-order valence-corrected chi connectivity index (χ4v) is 2.10. The number of aromatic amines is 2. The average Bonchev–Trinajstić information content (AvgIpc) is 2.39. The van der Waals surface area contributed by atoms with E-state index in [1.165, 1.54) is 25.7 Å². The minimum atomic E-state index is -0.754. The lowest BCUT2D eigenvalue weighted by molar-refractivity contribution is 0.517. The number of hydrogen-bond acceptors (Lipinski definition) is 3. The Morgan fingerprint density at radius 3 is 1.90 bits per heavy atom. The molecule has 0 atom stereocenters. The van der Waals surface area contributed by atoms with E-state index in [0.717, 1.165) is 30.3 Å². The van der Waals surface area contributed by atoms with Gasteiger partial charge in [0, 0.05) is 6.54 Å². The van der Waals surface area contributed by atoms with E-state index < -0.39 is 17.1 Å². The SMILES string of the molecule is C=CCCCCCCCCCn1c(=O)[nH]c(=O)[nH]c1=O. The fraction of sp³-hybridized carbons (Fsp3) is 0.643. The third-order valence-corrected chi connectivity index (χ3v) is 3.22. The van der Waals surface area contributed by atoms with E-state index in [2.05, 4.69) is 6.58 Å². The molecule has 2 N–H and O–H groups in total. The summed E-state index contributed by atoms with van der Waals surface area (Å²) in [6, 6.07) is 0. The average molecular weight is 281 g/mol. The van der Waals surface area contributed by atoms with Crippen LogP contribution in [0.2, 0.25) is 0 Å². The van der Waals surface area contributed by atoms with Gasteiger partial charge in [0.2, 0.25) is 0 Å². The first kappa shape index (κ1) is 16.2. The molecule has 1 rings (SSSR count). The van der Waals surface area contributed by atoms with Crippen molar-refractivity contribution in [1.29, 1.82) is 0 Å². The van der Waals surface area contributed by atoms with Crippen LogP contribution in [0.1, 0.15) is 51.4 Å². The van der Waals surface area contributed by atoms with Crippen LogP contribution >= 0.6 is 0 Å². The van der Waals surface area contributed by atoms with Gasteiger partial charge in [-0.05, 0) is 19.3 Å². The quantitative estimate of drug-likeness (QED) is 0.503. The number of nitrogens with one attached hydrogen (secondary N) is 2. The first-order chi connectivity index (χ1) is 9.65. The lowest BCUT2D eigenvalue weighted by Gasteiger charge is -2.03. The monoisotopic (exact) mass is 281 g/mol. The largest absolute Gasteiger partial charge is 0.333 e. The van der Waals surface area contributed by atoms with Crippen molar-refractivity contribution in [3.63, 3.8) is 0 Å². The molecule has 0 radical (unpaired) electrons. The summed E-state index contributed by atoms with van der Waals surface area (Å²) in [7, 11) is 0. The Morgan fingerprint density at radius 2 is 1.35 bits per heavy atom. The van der Waals surface area contributed by atoms with Crippen LogP contribution < -0.4 is 17.1 Å². The minimum Gasteiger partial charge on any atom is -0.259 e. The molecule has 112 valence electrons. The van der Waals surface area contributed by atoms with E-state index in [4.69, 9.17) is 0 Å². The molecule has 0 unspecified atom stereocenters. The number of nitrogens with zero attached hydrogens (tertiary/aromatic N) is 1. The molecule has 0 spiro atoms. The van der Waals surface area contributed by atoms with Gasteiger partial charge in [0.25, 0.3) is 0 Å². The van der Waals surface area contributed by atoms with E-state index in [1.54, 1.807) is 0 Å². The molecule has 20 heavy (non-hydrogen) atoms. The Balaban J connectivity index is 2.19. The molecule has 0 fully saturated rings. The van der Waals surface area contributed by atoms with Crippen LogP contribution in [0.3, 0.4) is 0 Å². The highest BCUT2D eigenvalue weighted by molar-refractivity contribution is 4.69. The second kappa shape index (κ2) is 9.12. The Kier molecular flexibility index (Phi) is 7.39. The number of unbranched alkanes of at least 4 members (excludes halogenated alkanes) is 7. The molecule has 1 aromatic heterocycles. The van der Waals surface area contributed by atoms with Gasteiger partial charge in [-0.2, -0.15) is 0 Å². The third kappa shape index (κ3) is 5.86. The van der Waals surface area contributed by atoms with Crippen LogP contribution in [-0.4, -0.2) is 14.5 Å². The molecule has 1 heterocycles. The summed E-state index contributed by atoms with van der Waals surface area (Å²) in [5.74, 6) is 0. The van der Waals surface area contributed by atoms with Crippen LogP contribution in [-0.2, 0) is 6.54 Å². The van der Waals surface area contributed by atoms with Gasteiger partial charge in [-0.3, -0.25) is 9.97 Å². The van der Waals surface area contributed by atoms with Crippen LogP contribution in [0.25, 0.3) is 0 Å². The molecule has 0 amide bonds. The molecule has 0 aliphatic heterocycles. The summed E-state index contributed by atoms with van der Waals surface area (Å²) in [5, 5.41) is 0. The Hall–Kier alpha value is -1.85. The molecule has 0 aromatic carbocycles. The van der Waals surface area contributed by atoms with Gasteiger partial charge in [-0.1, -0.05) is 38.2 Å². The molecule has 6 heteroatoms. The summed E-state index contributed by atoms with van der Waals surface area (Å²) >= 11 is 0. The van der Waals surface area contributed by atoms with Crippen molar-refractivity contribution in [1.82, 2.24) is 14.5 Å². The first-order valence-electron chi connectivity index (χ1n) is 7.19. The van der Waals surface area contributed by atoms with Crippen molar-refractivity contribution in [2.75, 3.05) is 0 Å². The van der Waals surface area contributed by atoms with E-state index in [9.17, 15) is 14.4 Å². The van der Waals surface area contributed by atoms with Crippen molar-refractivity contribution in [3.8, 4) is 0 Å². The maximum absolute atomic E-state index is 11.4. The van der Waals surface area contributed by atoms with E-state index in [1.807, 2.05) is 16.0 Å². The minimum absolute atomic E-state index is 0.349. The van der Waals surface area contributed by atoms with E-state index >= 15 is 0 Å². The van der Waals surface area contributed by atoms with Crippen molar-refractivity contribution in [2.24, 2.45) is 0 Å². The number of aromatic nitrogens is 3.